The largest absolute Gasteiger partial charge is 0.497 e. The summed E-state index contributed by atoms with van der Waals surface area (Å²) in [6.45, 7) is 6.96. The predicted octanol–water partition coefficient (Wildman–Crippen LogP) is 6.96. The van der Waals surface area contributed by atoms with Crippen LogP contribution >= 0.6 is 11.3 Å². The van der Waals surface area contributed by atoms with Crippen LogP contribution < -0.4 is 9.64 Å². The number of carbonyl (C=O) groups is 1. The molecule has 0 atom stereocenters. The number of methoxy groups -OCH3 is 1. The molecule has 0 saturated carbocycles. The monoisotopic (exact) mass is 456 g/mol. The zero-order chi connectivity index (χ0) is 23.4. The van der Waals surface area contributed by atoms with E-state index in [0.717, 1.165) is 22.6 Å². The molecule has 4 rings (SSSR count). The summed E-state index contributed by atoms with van der Waals surface area (Å²) in [4.78, 5) is 20.2. The number of hydrogen-bond acceptors (Lipinski definition) is 4. The van der Waals surface area contributed by atoms with Crippen LogP contribution in [0.15, 0.2) is 84.2 Å². The average Bonchev–Trinajstić information content (AvgIpc) is 3.32. The summed E-state index contributed by atoms with van der Waals surface area (Å²) in [5.74, 6) is 0.740. The van der Waals surface area contributed by atoms with Crippen molar-refractivity contribution < 1.29 is 9.53 Å². The average molecular weight is 457 g/mol. The van der Waals surface area contributed by atoms with Crippen LogP contribution in [0.2, 0.25) is 0 Å². The number of aromatic nitrogens is 1. The fourth-order valence-electron chi connectivity index (χ4n) is 3.54. The lowest BCUT2D eigenvalue weighted by Gasteiger charge is -2.22. The van der Waals surface area contributed by atoms with Crippen molar-refractivity contribution in [3.8, 4) is 17.0 Å². The van der Waals surface area contributed by atoms with Crippen LogP contribution in [0, 0.1) is 0 Å². The van der Waals surface area contributed by atoms with Crippen LogP contribution in [0.3, 0.4) is 0 Å². The third kappa shape index (κ3) is 5.32. The second kappa shape index (κ2) is 9.59. The Balaban J connectivity index is 1.66. The molecular weight excluding hydrogens is 428 g/mol. The molecule has 0 fully saturated rings. The van der Waals surface area contributed by atoms with E-state index in [-0.39, 0.29) is 11.3 Å². The van der Waals surface area contributed by atoms with E-state index >= 15 is 0 Å². The Hall–Kier alpha value is -3.44. The number of rotatable bonds is 6. The van der Waals surface area contributed by atoms with Crippen LogP contribution in [-0.2, 0) is 12.0 Å². The molecule has 4 aromatic rings. The van der Waals surface area contributed by atoms with Crippen molar-refractivity contribution in [1.29, 1.82) is 0 Å². The van der Waals surface area contributed by atoms with Gasteiger partial charge in [0.15, 0.2) is 5.13 Å². The smallest absolute Gasteiger partial charge is 0.260 e. The fourth-order valence-corrected chi connectivity index (χ4v) is 4.38. The summed E-state index contributed by atoms with van der Waals surface area (Å²) >= 11 is 1.47. The van der Waals surface area contributed by atoms with E-state index < -0.39 is 0 Å². The highest BCUT2D eigenvalue weighted by Gasteiger charge is 2.22. The van der Waals surface area contributed by atoms with Gasteiger partial charge >= 0.3 is 0 Å². The summed E-state index contributed by atoms with van der Waals surface area (Å²) in [5, 5.41) is 2.67. The second-order valence-electron chi connectivity index (χ2n) is 8.95. The summed E-state index contributed by atoms with van der Waals surface area (Å²) in [6.07, 6.45) is 0. The molecule has 0 spiro atoms. The van der Waals surface area contributed by atoms with E-state index in [9.17, 15) is 4.79 Å². The lowest BCUT2D eigenvalue weighted by atomic mass is 9.86. The van der Waals surface area contributed by atoms with Gasteiger partial charge in [-0.1, -0.05) is 63.2 Å². The molecule has 1 heterocycles. The number of amides is 1. The Kier molecular flexibility index (Phi) is 6.61. The molecule has 0 saturated heterocycles. The van der Waals surface area contributed by atoms with Crippen LogP contribution in [-0.4, -0.2) is 18.0 Å². The Morgan fingerprint density at radius 2 is 1.61 bits per heavy atom. The van der Waals surface area contributed by atoms with Gasteiger partial charge in [0.2, 0.25) is 0 Å². The van der Waals surface area contributed by atoms with Crippen LogP contribution in [0.25, 0.3) is 11.3 Å². The Labute approximate surface area is 199 Å². The van der Waals surface area contributed by atoms with Gasteiger partial charge in [-0.25, -0.2) is 4.98 Å². The van der Waals surface area contributed by atoms with Crippen LogP contribution in [0.1, 0.15) is 42.3 Å². The zero-order valence-corrected chi connectivity index (χ0v) is 20.2. The zero-order valence-electron chi connectivity index (χ0n) is 19.4. The number of nitrogens with zero attached hydrogens (tertiary/aromatic N) is 2. The molecule has 1 aromatic heterocycles. The van der Waals surface area contributed by atoms with Gasteiger partial charge in [0.25, 0.3) is 5.91 Å². The standard InChI is InChI=1S/C28H28N2O2S/c1-28(2,3)23-14-10-22(11-15-23)26(31)30(18-20-8-6-5-7-9-20)27-29-25(19-33-27)21-12-16-24(32-4)17-13-21/h5-17,19H,18H2,1-4H3. The first-order valence-corrected chi connectivity index (χ1v) is 11.8. The van der Waals surface area contributed by atoms with Crippen molar-refractivity contribution >= 4 is 22.4 Å². The minimum atomic E-state index is -0.0602. The van der Waals surface area contributed by atoms with Gasteiger partial charge in [-0.15, -0.1) is 11.3 Å². The highest BCUT2D eigenvalue weighted by molar-refractivity contribution is 7.14. The van der Waals surface area contributed by atoms with E-state index in [1.165, 1.54) is 16.9 Å². The summed E-state index contributed by atoms with van der Waals surface area (Å²) in [7, 11) is 1.65. The number of thiazole rings is 1. The van der Waals surface area contributed by atoms with Crippen LogP contribution in [0.4, 0.5) is 5.13 Å². The maximum Gasteiger partial charge on any atom is 0.260 e. The first-order chi connectivity index (χ1) is 15.8. The van der Waals surface area contributed by atoms with Gasteiger partial charge in [-0.3, -0.25) is 9.69 Å². The third-order valence-electron chi connectivity index (χ3n) is 5.54. The van der Waals surface area contributed by atoms with Gasteiger partial charge in [-0.05, 0) is 52.9 Å². The molecule has 1 amide bonds. The first-order valence-electron chi connectivity index (χ1n) is 10.9. The van der Waals surface area contributed by atoms with Crippen molar-refractivity contribution in [2.24, 2.45) is 0 Å². The van der Waals surface area contributed by atoms with Crippen molar-refractivity contribution in [3.05, 3.63) is 101 Å². The molecule has 3 aromatic carbocycles. The van der Waals surface area contributed by atoms with E-state index in [4.69, 9.17) is 9.72 Å². The quantitative estimate of drug-likeness (QED) is 0.315. The molecule has 0 aliphatic rings. The molecule has 0 unspecified atom stereocenters. The van der Waals surface area contributed by atoms with Gasteiger partial charge in [-0.2, -0.15) is 0 Å². The lowest BCUT2D eigenvalue weighted by molar-refractivity contribution is 0.0985. The summed E-state index contributed by atoms with van der Waals surface area (Å²) in [6, 6.07) is 25.7. The Morgan fingerprint density at radius 3 is 2.21 bits per heavy atom. The van der Waals surface area contributed by atoms with Gasteiger partial charge < -0.3 is 4.74 Å². The van der Waals surface area contributed by atoms with Gasteiger partial charge in [0.1, 0.15) is 5.75 Å². The maximum absolute atomic E-state index is 13.6. The normalized spacial score (nSPS) is 11.3. The number of carbonyl (C=O) groups excluding carboxylic acids is 1. The lowest BCUT2D eigenvalue weighted by Crippen LogP contribution is -2.30. The molecule has 33 heavy (non-hydrogen) atoms. The first kappa shape index (κ1) is 22.7. The van der Waals surface area contributed by atoms with Gasteiger partial charge in [0.05, 0.1) is 19.3 Å². The minimum Gasteiger partial charge on any atom is -0.497 e. The molecule has 168 valence electrons. The Morgan fingerprint density at radius 1 is 0.939 bits per heavy atom. The number of ether oxygens (including phenoxy) is 1. The van der Waals surface area contributed by atoms with Crippen molar-refractivity contribution in [1.82, 2.24) is 4.98 Å². The van der Waals surface area contributed by atoms with Crippen molar-refractivity contribution in [3.63, 3.8) is 0 Å². The highest BCUT2D eigenvalue weighted by atomic mass is 32.1. The molecule has 4 nitrogen and oxygen atoms in total. The van der Waals surface area contributed by atoms with Crippen LogP contribution in [0.5, 0.6) is 5.75 Å². The predicted molar refractivity (Wildman–Crippen MR) is 136 cm³/mol. The fraction of sp³-hybridized carbons (Fsp3) is 0.214. The third-order valence-corrected chi connectivity index (χ3v) is 6.40. The van der Waals surface area contributed by atoms with Crippen molar-refractivity contribution in [2.75, 3.05) is 12.0 Å². The molecular formula is C28H28N2O2S. The van der Waals surface area contributed by atoms with E-state index in [1.54, 1.807) is 12.0 Å². The molecule has 0 aliphatic heterocycles. The molecule has 0 bridgehead atoms. The molecule has 0 radical (unpaired) electrons. The summed E-state index contributed by atoms with van der Waals surface area (Å²) in [5.41, 5.74) is 4.77. The molecule has 0 aliphatic carbocycles. The highest BCUT2D eigenvalue weighted by Crippen LogP contribution is 2.31. The van der Waals surface area contributed by atoms with E-state index in [2.05, 4.69) is 20.8 Å². The number of anilines is 1. The topological polar surface area (TPSA) is 42.4 Å². The second-order valence-corrected chi connectivity index (χ2v) is 9.78. The maximum atomic E-state index is 13.6. The number of benzene rings is 3. The Bertz CT molecular complexity index is 1210. The number of hydrogen-bond donors (Lipinski definition) is 0. The SMILES string of the molecule is COc1ccc(-c2csc(N(Cc3ccccc3)C(=O)c3ccc(C(C)(C)C)cc3)n2)cc1. The van der Waals surface area contributed by atoms with Crippen molar-refractivity contribution in [2.45, 2.75) is 32.7 Å². The summed E-state index contributed by atoms with van der Waals surface area (Å²) < 4.78 is 5.25. The van der Waals surface area contributed by atoms with E-state index in [1.807, 2.05) is 84.2 Å². The molecule has 5 heteroatoms. The minimum absolute atomic E-state index is 0.0356. The van der Waals surface area contributed by atoms with E-state index in [0.29, 0.717) is 17.2 Å². The van der Waals surface area contributed by atoms with Gasteiger partial charge in [0, 0.05) is 16.5 Å². The molecule has 0 N–H and O–H groups in total.